The second-order valence-corrected chi connectivity index (χ2v) is 3.53. The summed E-state index contributed by atoms with van der Waals surface area (Å²) in [6.07, 6.45) is 2.63. The minimum Gasteiger partial charge on any atom is -0.396 e. The number of aliphatic hydroxyl groups is 1. The molecular weight excluding hydrogens is 138 g/mol. The molecule has 0 radical (unpaired) electrons. The highest BCUT2D eigenvalue weighted by Gasteiger charge is 2.17. The van der Waals surface area contributed by atoms with Crippen molar-refractivity contribution >= 4 is 0 Å². The standard InChI is InChI=1S/C9H19NO/c1-5-8(2)10-9(3,4)6-7-11/h5,8,10-11H,1,6-7H2,2-4H3. The SMILES string of the molecule is C=CC(C)NC(C)(C)CCO. The van der Waals surface area contributed by atoms with Crippen molar-refractivity contribution in [1.29, 1.82) is 0 Å². The van der Waals surface area contributed by atoms with E-state index >= 15 is 0 Å². The Morgan fingerprint density at radius 1 is 1.64 bits per heavy atom. The molecule has 1 unspecified atom stereocenters. The van der Waals surface area contributed by atoms with Gasteiger partial charge in [-0.1, -0.05) is 6.08 Å². The molecule has 0 aromatic heterocycles. The van der Waals surface area contributed by atoms with Gasteiger partial charge in [0, 0.05) is 18.2 Å². The third-order valence-corrected chi connectivity index (χ3v) is 1.71. The number of hydrogen-bond donors (Lipinski definition) is 2. The summed E-state index contributed by atoms with van der Waals surface area (Å²) >= 11 is 0. The molecule has 2 N–H and O–H groups in total. The van der Waals surface area contributed by atoms with Gasteiger partial charge >= 0.3 is 0 Å². The van der Waals surface area contributed by atoms with E-state index in [9.17, 15) is 0 Å². The van der Waals surface area contributed by atoms with Crippen LogP contribution in [-0.4, -0.2) is 23.3 Å². The molecule has 0 fully saturated rings. The second kappa shape index (κ2) is 4.52. The molecule has 0 saturated carbocycles. The van der Waals surface area contributed by atoms with Crippen molar-refractivity contribution in [3.05, 3.63) is 12.7 Å². The minimum atomic E-state index is 0.00234. The molecule has 0 bridgehead atoms. The van der Waals surface area contributed by atoms with Gasteiger partial charge in [-0.3, -0.25) is 0 Å². The Labute approximate surface area is 69.3 Å². The Hall–Kier alpha value is -0.340. The molecule has 11 heavy (non-hydrogen) atoms. The van der Waals surface area contributed by atoms with Crippen LogP contribution in [0.5, 0.6) is 0 Å². The van der Waals surface area contributed by atoms with Gasteiger partial charge in [0.15, 0.2) is 0 Å². The summed E-state index contributed by atoms with van der Waals surface area (Å²) in [6.45, 7) is 10.1. The number of hydrogen-bond acceptors (Lipinski definition) is 2. The average Bonchev–Trinajstić information content (AvgIpc) is 1.86. The van der Waals surface area contributed by atoms with E-state index in [0.29, 0.717) is 6.04 Å². The zero-order chi connectivity index (χ0) is 8.91. The number of rotatable bonds is 5. The maximum atomic E-state index is 8.72. The first-order valence-electron chi connectivity index (χ1n) is 4.03. The van der Waals surface area contributed by atoms with Crippen molar-refractivity contribution in [3.8, 4) is 0 Å². The summed E-state index contributed by atoms with van der Waals surface area (Å²) < 4.78 is 0. The van der Waals surface area contributed by atoms with Crippen molar-refractivity contribution < 1.29 is 5.11 Å². The first-order valence-corrected chi connectivity index (χ1v) is 4.03. The lowest BCUT2D eigenvalue weighted by Crippen LogP contribution is -2.44. The van der Waals surface area contributed by atoms with Crippen molar-refractivity contribution in [3.63, 3.8) is 0 Å². The van der Waals surface area contributed by atoms with Gasteiger partial charge < -0.3 is 10.4 Å². The molecule has 0 aliphatic carbocycles. The van der Waals surface area contributed by atoms with Crippen molar-refractivity contribution in [2.24, 2.45) is 0 Å². The third-order valence-electron chi connectivity index (χ3n) is 1.71. The Morgan fingerprint density at radius 2 is 2.18 bits per heavy atom. The van der Waals surface area contributed by atoms with Gasteiger partial charge in [-0.25, -0.2) is 0 Å². The zero-order valence-electron chi connectivity index (χ0n) is 7.72. The number of nitrogens with one attached hydrogen (secondary N) is 1. The molecular formula is C9H19NO. The van der Waals surface area contributed by atoms with E-state index in [1.807, 2.05) is 13.0 Å². The Kier molecular flexibility index (Phi) is 4.38. The molecule has 0 aliphatic heterocycles. The van der Waals surface area contributed by atoms with E-state index in [2.05, 4.69) is 25.7 Å². The van der Waals surface area contributed by atoms with Gasteiger partial charge in [-0.05, 0) is 27.2 Å². The summed E-state index contributed by atoms with van der Waals surface area (Å²) in [4.78, 5) is 0. The Morgan fingerprint density at radius 3 is 2.55 bits per heavy atom. The monoisotopic (exact) mass is 157 g/mol. The largest absolute Gasteiger partial charge is 0.396 e. The zero-order valence-corrected chi connectivity index (χ0v) is 7.72. The predicted octanol–water partition coefficient (Wildman–Crippen LogP) is 1.31. The molecule has 0 spiro atoms. The van der Waals surface area contributed by atoms with Crippen LogP contribution in [-0.2, 0) is 0 Å². The summed E-state index contributed by atoms with van der Waals surface area (Å²) in [5, 5.41) is 12.1. The smallest absolute Gasteiger partial charge is 0.0448 e. The van der Waals surface area contributed by atoms with Crippen LogP contribution in [0.3, 0.4) is 0 Å². The Bertz CT molecular complexity index is 121. The van der Waals surface area contributed by atoms with Gasteiger partial charge in [-0.15, -0.1) is 6.58 Å². The topological polar surface area (TPSA) is 32.3 Å². The third kappa shape index (κ3) is 4.99. The lowest BCUT2D eigenvalue weighted by molar-refractivity contribution is 0.227. The predicted molar refractivity (Wildman–Crippen MR) is 48.6 cm³/mol. The molecule has 1 atom stereocenters. The summed E-state index contributed by atoms with van der Waals surface area (Å²) in [6, 6.07) is 0.302. The van der Waals surface area contributed by atoms with E-state index in [1.165, 1.54) is 0 Å². The van der Waals surface area contributed by atoms with Crippen LogP contribution < -0.4 is 5.32 Å². The van der Waals surface area contributed by atoms with Gasteiger partial charge in [0.05, 0.1) is 0 Å². The van der Waals surface area contributed by atoms with E-state index in [4.69, 9.17) is 5.11 Å². The molecule has 0 heterocycles. The summed E-state index contributed by atoms with van der Waals surface area (Å²) in [5.74, 6) is 0. The molecule has 0 rings (SSSR count). The molecule has 0 aromatic rings. The Balaban J connectivity index is 3.79. The fourth-order valence-corrected chi connectivity index (χ4v) is 1.03. The van der Waals surface area contributed by atoms with Crippen LogP contribution in [0.4, 0.5) is 0 Å². The van der Waals surface area contributed by atoms with Crippen LogP contribution in [0, 0.1) is 0 Å². The molecule has 0 aromatic carbocycles. The van der Waals surface area contributed by atoms with Gasteiger partial charge in [0.1, 0.15) is 0 Å². The molecule has 66 valence electrons. The quantitative estimate of drug-likeness (QED) is 0.590. The molecule has 0 amide bonds. The van der Waals surface area contributed by atoms with Gasteiger partial charge in [0.2, 0.25) is 0 Å². The van der Waals surface area contributed by atoms with Crippen molar-refractivity contribution in [2.45, 2.75) is 38.8 Å². The molecule has 0 saturated heterocycles. The van der Waals surface area contributed by atoms with E-state index < -0.39 is 0 Å². The van der Waals surface area contributed by atoms with Crippen LogP contribution in [0.1, 0.15) is 27.2 Å². The van der Waals surface area contributed by atoms with E-state index in [-0.39, 0.29) is 12.1 Å². The van der Waals surface area contributed by atoms with E-state index in [1.54, 1.807) is 0 Å². The first-order chi connectivity index (χ1) is 5.02. The fourth-order valence-electron chi connectivity index (χ4n) is 1.03. The maximum Gasteiger partial charge on any atom is 0.0448 e. The van der Waals surface area contributed by atoms with Crippen LogP contribution in [0.15, 0.2) is 12.7 Å². The number of aliphatic hydroxyl groups excluding tert-OH is 1. The minimum absolute atomic E-state index is 0.00234. The van der Waals surface area contributed by atoms with Crippen molar-refractivity contribution in [1.82, 2.24) is 5.32 Å². The van der Waals surface area contributed by atoms with Crippen LogP contribution in [0.2, 0.25) is 0 Å². The fraction of sp³-hybridized carbons (Fsp3) is 0.778. The normalized spacial score (nSPS) is 14.5. The second-order valence-electron chi connectivity index (χ2n) is 3.53. The maximum absolute atomic E-state index is 8.72. The highest BCUT2D eigenvalue weighted by molar-refractivity contribution is 4.88. The van der Waals surface area contributed by atoms with Gasteiger partial charge in [-0.2, -0.15) is 0 Å². The van der Waals surface area contributed by atoms with Crippen LogP contribution in [0.25, 0.3) is 0 Å². The van der Waals surface area contributed by atoms with Crippen molar-refractivity contribution in [2.75, 3.05) is 6.61 Å². The summed E-state index contributed by atoms with van der Waals surface area (Å²) in [7, 11) is 0. The average molecular weight is 157 g/mol. The molecule has 2 heteroatoms. The van der Waals surface area contributed by atoms with E-state index in [0.717, 1.165) is 6.42 Å². The molecule has 2 nitrogen and oxygen atoms in total. The lowest BCUT2D eigenvalue weighted by Gasteiger charge is -2.28. The van der Waals surface area contributed by atoms with Gasteiger partial charge in [0.25, 0.3) is 0 Å². The lowest BCUT2D eigenvalue weighted by atomic mass is 10.00. The van der Waals surface area contributed by atoms with Crippen LogP contribution >= 0.6 is 0 Å². The highest BCUT2D eigenvalue weighted by atomic mass is 16.3. The highest BCUT2D eigenvalue weighted by Crippen LogP contribution is 2.08. The molecule has 0 aliphatic rings. The summed E-state index contributed by atoms with van der Waals surface area (Å²) in [5.41, 5.74) is 0.00234. The first kappa shape index (κ1) is 10.7.